The van der Waals surface area contributed by atoms with Gasteiger partial charge >= 0.3 is 6.09 Å². The van der Waals surface area contributed by atoms with Crippen molar-refractivity contribution in [3.8, 4) is 0 Å². The first-order chi connectivity index (χ1) is 17.7. The van der Waals surface area contributed by atoms with E-state index in [2.05, 4.69) is 69.3 Å². The number of carbonyl (C=O) groups excluding carboxylic acids is 2. The molecule has 1 saturated heterocycles. The van der Waals surface area contributed by atoms with E-state index in [0.717, 1.165) is 5.56 Å². The number of hydrogen-bond acceptors (Lipinski definition) is 4. The summed E-state index contributed by atoms with van der Waals surface area (Å²) in [7, 11) is -2.68. The smallest absolute Gasteiger partial charge is 0.416 e. The van der Waals surface area contributed by atoms with Gasteiger partial charge in [0.15, 0.2) is 0 Å². The highest BCUT2D eigenvalue weighted by atomic mass is 28.4. The third-order valence-corrected chi connectivity index (χ3v) is 12.3. The number of carbonyl (C=O) groups is 2. The van der Waals surface area contributed by atoms with E-state index in [9.17, 15) is 9.59 Å². The van der Waals surface area contributed by atoms with E-state index in [1.807, 2.05) is 49.4 Å². The molecule has 0 aliphatic carbocycles. The second-order valence-corrected chi connectivity index (χ2v) is 15.1. The molecule has 2 atom stereocenters. The Hall–Kier alpha value is -3.22. The minimum atomic E-state index is -2.68. The summed E-state index contributed by atoms with van der Waals surface area (Å²) < 4.78 is 12.2. The molecule has 3 aromatic rings. The Morgan fingerprint density at radius 1 is 0.946 bits per heavy atom. The van der Waals surface area contributed by atoms with Crippen LogP contribution in [0.1, 0.15) is 39.7 Å². The van der Waals surface area contributed by atoms with Crippen molar-refractivity contribution in [3.63, 3.8) is 0 Å². The Balaban J connectivity index is 1.51. The molecule has 1 aliphatic heterocycles. The monoisotopic (exact) mass is 515 g/mol. The Morgan fingerprint density at radius 2 is 1.46 bits per heavy atom. The van der Waals surface area contributed by atoms with Gasteiger partial charge in [-0.1, -0.05) is 119 Å². The first kappa shape index (κ1) is 26.8. The molecular formula is C31H37NO4Si. The van der Waals surface area contributed by atoms with Crippen molar-refractivity contribution in [1.29, 1.82) is 0 Å². The quantitative estimate of drug-likeness (QED) is 0.369. The molecule has 6 heteroatoms. The molecule has 0 spiro atoms. The van der Waals surface area contributed by atoms with Gasteiger partial charge in [0.05, 0.1) is 6.04 Å². The van der Waals surface area contributed by atoms with E-state index in [1.165, 1.54) is 15.3 Å². The third-order valence-electron chi connectivity index (χ3n) is 7.22. The fourth-order valence-corrected chi connectivity index (χ4v) is 9.86. The van der Waals surface area contributed by atoms with Gasteiger partial charge in [-0.3, -0.25) is 4.79 Å². The number of amides is 2. The van der Waals surface area contributed by atoms with E-state index < -0.39 is 14.4 Å². The maximum Gasteiger partial charge on any atom is 0.416 e. The zero-order chi connectivity index (χ0) is 26.5. The summed E-state index contributed by atoms with van der Waals surface area (Å²) in [4.78, 5) is 27.3. The minimum absolute atomic E-state index is 0.136. The van der Waals surface area contributed by atoms with Crippen molar-refractivity contribution in [3.05, 3.63) is 96.6 Å². The van der Waals surface area contributed by atoms with E-state index in [1.54, 1.807) is 0 Å². The highest BCUT2D eigenvalue weighted by molar-refractivity contribution is 6.99. The molecule has 194 valence electrons. The Morgan fingerprint density at radius 3 is 1.97 bits per heavy atom. The number of imide groups is 1. The van der Waals surface area contributed by atoms with Crippen LogP contribution in [0.3, 0.4) is 0 Å². The molecule has 2 amide bonds. The van der Waals surface area contributed by atoms with Gasteiger partial charge in [-0.2, -0.15) is 0 Å². The predicted molar refractivity (Wildman–Crippen MR) is 149 cm³/mol. The Labute approximate surface area is 221 Å². The number of hydrogen-bond donors (Lipinski definition) is 0. The van der Waals surface area contributed by atoms with Crippen LogP contribution in [0.25, 0.3) is 0 Å². The summed E-state index contributed by atoms with van der Waals surface area (Å²) in [5, 5.41) is 2.28. The van der Waals surface area contributed by atoms with Gasteiger partial charge in [0.25, 0.3) is 8.32 Å². The topological polar surface area (TPSA) is 55.8 Å². The van der Waals surface area contributed by atoms with Crippen LogP contribution in [-0.2, 0) is 20.4 Å². The molecule has 3 aromatic carbocycles. The van der Waals surface area contributed by atoms with Crippen molar-refractivity contribution in [1.82, 2.24) is 4.90 Å². The molecule has 1 heterocycles. The Bertz CT molecular complexity index is 1140. The van der Waals surface area contributed by atoms with E-state index in [0.29, 0.717) is 19.4 Å². The first-order valence-corrected chi connectivity index (χ1v) is 14.9. The highest BCUT2D eigenvalue weighted by Gasteiger charge is 2.50. The van der Waals surface area contributed by atoms with Crippen molar-refractivity contribution in [2.45, 2.75) is 51.6 Å². The van der Waals surface area contributed by atoms with Gasteiger partial charge in [-0.05, 0) is 33.8 Å². The molecule has 0 radical (unpaired) electrons. The van der Waals surface area contributed by atoms with Gasteiger partial charge in [-0.25, -0.2) is 9.69 Å². The number of nitrogens with zero attached hydrogens (tertiary/aromatic N) is 1. The maximum atomic E-state index is 13.4. The molecular weight excluding hydrogens is 478 g/mol. The normalized spacial score (nSPS) is 16.9. The van der Waals surface area contributed by atoms with Crippen molar-refractivity contribution >= 4 is 30.7 Å². The van der Waals surface area contributed by atoms with E-state index in [4.69, 9.17) is 9.16 Å². The van der Waals surface area contributed by atoms with Gasteiger partial charge in [0.1, 0.15) is 6.61 Å². The maximum absolute atomic E-state index is 13.4. The SMILES string of the molecule is C[C@H](CCO[Si](c1ccccc1)(c1ccccc1)C(C)(C)C)C(=O)N1C(=O)OC[C@H]1Cc1ccccc1. The van der Waals surface area contributed by atoms with Crippen LogP contribution < -0.4 is 10.4 Å². The third kappa shape index (κ3) is 5.70. The van der Waals surface area contributed by atoms with Gasteiger partial charge < -0.3 is 9.16 Å². The second-order valence-electron chi connectivity index (χ2n) is 10.8. The lowest BCUT2D eigenvalue weighted by Crippen LogP contribution is -2.66. The lowest BCUT2D eigenvalue weighted by molar-refractivity contribution is -0.133. The van der Waals surface area contributed by atoms with Crippen molar-refractivity contribution < 1.29 is 18.8 Å². The second kappa shape index (κ2) is 11.4. The van der Waals surface area contributed by atoms with Crippen molar-refractivity contribution in [2.75, 3.05) is 13.2 Å². The molecule has 1 fully saturated rings. The number of benzene rings is 3. The fraction of sp³-hybridized carbons (Fsp3) is 0.355. The molecule has 4 rings (SSSR count). The van der Waals surface area contributed by atoms with Crippen LogP contribution in [-0.4, -0.2) is 44.5 Å². The molecule has 0 unspecified atom stereocenters. The summed E-state index contributed by atoms with van der Waals surface area (Å²) in [6.07, 6.45) is 0.556. The molecule has 1 aliphatic rings. The average Bonchev–Trinajstić information content (AvgIpc) is 3.26. The van der Waals surface area contributed by atoms with Crippen LogP contribution in [0.5, 0.6) is 0 Å². The van der Waals surface area contributed by atoms with Crippen LogP contribution >= 0.6 is 0 Å². The average molecular weight is 516 g/mol. The standard InChI is InChI=1S/C31H37NO4Si/c1-24(29(33)32-26(23-35-30(32)34)22-25-14-8-5-9-15-25)20-21-36-37(31(2,3)4,27-16-10-6-11-17-27)28-18-12-7-13-19-28/h5-19,24,26H,20-23H2,1-4H3/t24-,26-/m1/s1. The summed E-state index contributed by atoms with van der Waals surface area (Å²) in [6.45, 7) is 9.24. The van der Waals surface area contributed by atoms with Crippen LogP contribution in [0.2, 0.25) is 5.04 Å². The molecule has 0 saturated carbocycles. The van der Waals surface area contributed by atoms with Gasteiger partial charge in [0, 0.05) is 12.5 Å². The van der Waals surface area contributed by atoms with Crippen molar-refractivity contribution in [2.24, 2.45) is 5.92 Å². The lowest BCUT2D eigenvalue weighted by atomic mass is 10.0. The Kier molecular flexibility index (Phi) is 8.30. The fourth-order valence-electron chi connectivity index (χ4n) is 5.28. The predicted octanol–water partition coefficient (Wildman–Crippen LogP) is 5.18. The van der Waals surface area contributed by atoms with Crippen LogP contribution in [0.4, 0.5) is 4.79 Å². The largest absolute Gasteiger partial charge is 0.447 e. The summed E-state index contributed by atoms with van der Waals surface area (Å²) >= 11 is 0. The van der Waals surface area contributed by atoms with Crippen LogP contribution in [0, 0.1) is 5.92 Å². The van der Waals surface area contributed by atoms with Gasteiger partial charge in [-0.15, -0.1) is 0 Å². The minimum Gasteiger partial charge on any atom is -0.447 e. The first-order valence-electron chi connectivity index (χ1n) is 13.0. The van der Waals surface area contributed by atoms with Crippen LogP contribution in [0.15, 0.2) is 91.0 Å². The summed E-state index contributed by atoms with van der Waals surface area (Å²) in [5.74, 6) is -0.573. The molecule has 5 nitrogen and oxygen atoms in total. The number of ether oxygens (including phenoxy) is 1. The number of cyclic esters (lactones) is 1. The molecule has 0 aromatic heterocycles. The van der Waals surface area contributed by atoms with E-state index in [-0.39, 0.29) is 29.5 Å². The zero-order valence-electron chi connectivity index (χ0n) is 22.2. The molecule has 0 N–H and O–H groups in total. The number of rotatable bonds is 9. The van der Waals surface area contributed by atoms with Gasteiger partial charge in [0.2, 0.25) is 5.91 Å². The molecule has 0 bridgehead atoms. The summed E-state index contributed by atoms with van der Waals surface area (Å²) in [5.41, 5.74) is 1.08. The van der Waals surface area contributed by atoms with E-state index >= 15 is 0 Å². The zero-order valence-corrected chi connectivity index (χ0v) is 23.2. The lowest BCUT2D eigenvalue weighted by Gasteiger charge is -2.43. The molecule has 37 heavy (non-hydrogen) atoms. The summed E-state index contributed by atoms with van der Waals surface area (Å²) in [6, 6.07) is 30.5. The highest BCUT2D eigenvalue weighted by Crippen LogP contribution is 2.37.